The smallest absolute Gasteiger partial charge is 0.192 e. The van der Waals surface area contributed by atoms with Crippen molar-refractivity contribution in [2.75, 3.05) is 18.5 Å². The van der Waals surface area contributed by atoms with Gasteiger partial charge in [0.1, 0.15) is 0 Å². The summed E-state index contributed by atoms with van der Waals surface area (Å²) in [5.74, 6) is 0.593. The molecule has 0 spiro atoms. The highest BCUT2D eigenvalue weighted by Gasteiger charge is 2.12. The zero-order chi connectivity index (χ0) is 11.3. The molecular weight excluding hydrogens is 194 g/mol. The molecule has 1 rings (SSSR count). The van der Waals surface area contributed by atoms with Gasteiger partial charge in [-0.05, 0) is 6.42 Å². The van der Waals surface area contributed by atoms with Crippen LogP contribution in [-0.2, 0) is 0 Å². The van der Waals surface area contributed by atoms with Crippen molar-refractivity contribution in [2.24, 2.45) is 10.9 Å². The van der Waals surface area contributed by atoms with E-state index in [2.05, 4.69) is 22.0 Å². The predicted octanol–water partition coefficient (Wildman–Crippen LogP) is 0.417. The van der Waals surface area contributed by atoms with E-state index >= 15 is 0 Å². The zero-order valence-corrected chi connectivity index (χ0v) is 8.88. The topological polar surface area (TPSA) is 87.6 Å². The van der Waals surface area contributed by atoms with E-state index < -0.39 is 0 Å². The van der Waals surface area contributed by atoms with Crippen LogP contribution in [-0.4, -0.2) is 34.6 Å². The summed E-state index contributed by atoms with van der Waals surface area (Å²) in [5.41, 5.74) is 5.90. The minimum absolute atomic E-state index is 0.0268. The van der Waals surface area contributed by atoms with Gasteiger partial charge in [-0.2, -0.15) is 0 Å². The van der Waals surface area contributed by atoms with Crippen LogP contribution >= 0.6 is 0 Å². The molecule has 6 heteroatoms. The van der Waals surface area contributed by atoms with E-state index in [1.54, 1.807) is 6.20 Å². The largest absolute Gasteiger partial charge is 0.409 e. The lowest BCUT2D eigenvalue weighted by molar-refractivity contribution is 0.318. The SMILES string of the molecule is CCCN(C)c1nccnc1C(N)=NO. The van der Waals surface area contributed by atoms with Gasteiger partial charge in [0.15, 0.2) is 17.3 Å². The fraction of sp³-hybridized carbons (Fsp3) is 0.444. The molecule has 0 atom stereocenters. The summed E-state index contributed by atoms with van der Waals surface area (Å²) >= 11 is 0. The Kier molecular flexibility index (Phi) is 3.84. The van der Waals surface area contributed by atoms with Crippen molar-refractivity contribution in [3.63, 3.8) is 0 Å². The molecule has 0 saturated carbocycles. The lowest BCUT2D eigenvalue weighted by Crippen LogP contribution is -2.25. The standard InChI is InChI=1S/C9H15N5O/c1-3-6-14(2)9-7(8(10)13-15)11-4-5-12-9/h4-5,15H,3,6H2,1-2H3,(H2,10,13). The summed E-state index contributed by atoms with van der Waals surface area (Å²) in [4.78, 5) is 10.1. The van der Waals surface area contributed by atoms with Crippen LogP contribution in [0.5, 0.6) is 0 Å². The van der Waals surface area contributed by atoms with Gasteiger partial charge in [0, 0.05) is 26.0 Å². The second-order valence-corrected chi connectivity index (χ2v) is 3.14. The third-order valence-corrected chi connectivity index (χ3v) is 1.95. The number of anilines is 1. The summed E-state index contributed by atoms with van der Waals surface area (Å²) in [7, 11) is 1.89. The molecule has 15 heavy (non-hydrogen) atoms. The van der Waals surface area contributed by atoms with Gasteiger partial charge in [-0.3, -0.25) is 0 Å². The highest BCUT2D eigenvalue weighted by molar-refractivity contribution is 5.99. The number of amidine groups is 1. The van der Waals surface area contributed by atoms with Crippen LogP contribution in [0.3, 0.4) is 0 Å². The molecule has 82 valence electrons. The molecule has 0 unspecified atom stereocenters. The lowest BCUT2D eigenvalue weighted by atomic mass is 10.3. The van der Waals surface area contributed by atoms with Crippen molar-refractivity contribution in [1.29, 1.82) is 0 Å². The maximum atomic E-state index is 8.60. The van der Waals surface area contributed by atoms with Crippen LogP contribution in [0, 0.1) is 0 Å². The third-order valence-electron chi connectivity index (χ3n) is 1.95. The number of hydrogen-bond acceptors (Lipinski definition) is 5. The first-order valence-corrected chi connectivity index (χ1v) is 4.70. The molecule has 1 aromatic rings. The molecule has 1 aromatic heterocycles. The van der Waals surface area contributed by atoms with Gasteiger partial charge in [0.05, 0.1) is 0 Å². The maximum Gasteiger partial charge on any atom is 0.192 e. The predicted molar refractivity (Wildman–Crippen MR) is 58.1 cm³/mol. The zero-order valence-electron chi connectivity index (χ0n) is 8.88. The van der Waals surface area contributed by atoms with Crippen molar-refractivity contribution in [1.82, 2.24) is 9.97 Å². The van der Waals surface area contributed by atoms with Crippen LogP contribution in [0.2, 0.25) is 0 Å². The van der Waals surface area contributed by atoms with Crippen molar-refractivity contribution in [3.8, 4) is 0 Å². The molecule has 0 fully saturated rings. The number of aromatic nitrogens is 2. The lowest BCUT2D eigenvalue weighted by Gasteiger charge is -2.18. The molecule has 0 amide bonds. The Balaban J connectivity index is 3.06. The van der Waals surface area contributed by atoms with E-state index in [1.807, 2.05) is 11.9 Å². The van der Waals surface area contributed by atoms with Crippen molar-refractivity contribution in [3.05, 3.63) is 18.1 Å². The Bertz CT molecular complexity index is 352. The molecule has 0 aliphatic rings. The molecule has 1 heterocycles. The van der Waals surface area contributed by atoms with Crippen molar-refractivity contribution >= 4 is 11.7 Å². The van der Waals surface area contributed by atoms with E-state index in [9.17, 15) is 0 Å². The summed E-state index contributed by atoms with van der Waals surface area (Å²) in [6.07, 6.45) is 4.08. The summed E-state index contributed by atoms with van der Waals surface area (Å²) in [5, 5.41) is 11.5. The quantitative estimate of drug-likeness (QED) is 0.325. The molecule has 0 aromatic carbocycles. The van der Waals surface area contributed by atoms with Crippen LogP contribution in [0.15, 0.2) is 17.5 Å². The van der Waals surface area contributed by atoms with Gasteiger partial charge in [-0.1, -0.05) is 12.1 Å². The number of oxime groups is 1. The molecular formula is C9H15N5O. The Morgan fingerprint density at radius 1 is 1.53 bits per heavy atom. The fourth-order valence-electron chi connectivity index (χ4n) is 1.28. The average Bonchev–Trinajstić information content (AvgIpc) is 2.28. The number of hydrogen-bond donors (Lipinski definition) is 2. The normalized spacial score (nSPS) is 11.5. The monoisotopic (exact) mass is 209 g/mol. The van der Waals surface area contributed by atoms with Gasteiger partial charge < -0.3 is 15.8 Å². The minimum atomic E-state index is -0.0268. The minimum Gasteiger partial charge on any atom is -0.409 e. The van der Waals surface area contributed by atoms with Gasteiger partial charge in [0.2, 0.25) is 0 Å². The Morgan fingerprint density at radius 2 is 2.20 bits per heavy atom. The van der Waals surface area contributed by atoms with Gasteiger partial charge in [-0.25, -0.2) is 9.97 Å². The third kappa shape index (κ3) is 2.55. The molecule has 0 radical (unpaired) electrons. The molecule has 0 aliphatic carbocycles. The van der Waals surface area contributed by atoms with Crippen LogP contribution in [0.4, 0.5) is 5.82 Å². The van der Waals surface area contributed by atoms with Gasteiger partial charge >= 0.3 is 0 Å². The molecule has 0 bridgehead atoms. The Labute approximate surface area is 88.4 Å². The van der Waals surface area contributed by atoms with Crippen LogP contribution in [0.25, 0.3) is 0 Å². The van der Waals surface area contributed by atoms with Gasteiger partial charge in [-0.15, -0.1) is 0 Å². The van der Waals surface area contributed by atoms with Crippen LogP contribution < -0.4 is 10.6 Å². The first kappa shape index (κ1) is 11.2. The second-order valence-electron chi connectivity index (χ2n) is 3.14. The molecule has 0 saturated heterocycles. The number of nitrogens with zero attached hydrogens (tertiary/aromatic N) is 4. The maximum absolute atomic E-state index is 8.60. The van der Waals surface area contributed by atoms with E-state index in [0.717, 1.165) is 13.0 Å². The molecule has 6 nitrogen and oxygen atoms in total. The summed E-state index contributed by atoms with van der Waals surface area (Å²) < 4.78 is 0. The number of rotatable bonds is 4. The highest BCUT2D eigenvalue weighted by atomic mass is 16.4. The Hall–Kier alpha value is -1.85. The van der Waals surface area contributed by atoms with Gasteiger partial charge in [0.25, 0.3) is 0 Å². The number of nitrogens with two attached hydrogens (primary N) is 1. The first-order chi connectivity index (χ1) is 7.20. The van der Waals surface area contributed by atoms with E-state index in [4.69, 9.17) is 10.9 Å². The first-order valence-electron chi connectivity index (χ1n) is 4.70. The van der Waals surface area contributed by atoms with E-state index in [1.165, 1.54) is 6.20 Å². The highest BCUT2D eigenvalue weighted by Crippen LogP contribution is 2.12. The van der Waals surface area contributed by atoms with E-state index in [-0.39, 0.29) is 5.84 Å². The van der Waals surface area contributed by atoms with Crippen molar-refractivity contribution < 1.29 is 5.21 Å². The average molecular weight is 209 g/mol. The molecule has 0 aliphatic heterocycles. The summed E-state index contributed by atoms with van der Waals surface area (Å²) in [6, 6.07) is 0. The summed E-state index contributed by atoms with van der Waals surface area (Å²) in [6.45, 7) is 2.90. The second kappa shape index (κ2) is 5.14. The van der Waals surface area contributed by atoms with Crippen molar-refractivity contribution in [2.45, 2.75) is 13.3 Å². The fourth-order valence-corrected chi connectivity index (χ4v) is 1.28. The Morgan fingerprint density at radius 3 is 2.80 bits per heavy atom. The van der Waals surface area contributed by atoms with E-state index in [0.29, 0.717) is 11.5 Å². The van der Waals surface area contributed by atoms with Crippen LogP contribution in [0.1, 0.15) is 19.0 Å². The molecule has 3 N–H and O–H groups in total.